The summed E-state index contributed by atoms with van der Waals surface area (Å²) < 4.78 is 51.9. The van der Waals surface area contributed by atoms with Gasteiger partial charge in [-0.05, 0) is 34.1 Å². The Hall–Kier alpha value is -1.87. The molecule has 0 radical (unpaired) electrons. The third-order valence-corrected chi connectivity index (χ3v) is 3.96. The minimum Gasteiger partial charge on any atom is -0.306 e. The van der Waals surface area contributed by atoms with Crippen LogP contribution in [0.4, 0.5) is 33.7 Å². The maximum atomic E-state index is 13.8. The number of benzene rings is 1. The number of anilines is 2. The number of rotatable bonds is 2. The number of pyridine rings is 1. The molecule has 0 saturated carbocycles. The molecule has 2 rings (SSSR count). The van der Waals surface area contributed by atoms with E-state index in [-0.39, 0.29) is 15.3 Å². The Morgan fingerprint density at radius 2 is 1.83 bits per heavy atom. The second-order valence-electron chi connectivity index (χ2n) is 4.21. The van der Waals surface area contributed by atoms with Crippen molar-refractivity contribution in [3.8, 4) is 0 Å². The molecule has 10 heteroatoms. The van der Waals surface area contributed by atoms with Crippen molar-refractivity contribution < 1.29 is 22.4 Å². The van der Waals surface area contributed by atoms with Crippen LogP contribution in [0.5, 0.6) is 0 Å². The summed E-state index contributed by atoms with van der Waals surface area (Å²) in [5.74, 6) is -1.57. The average Bonchev–Trinajstić information content (AvgIpc) is 2.45. The summed E-state index contributed by atoms with van der Waals surface area (Å²) in [7, 11) is 0. The molecule has 1 heterocycles. The van der Waals surface area contributed by atoms with E-state index in [1.807, 2.05) is 5.32 Å². The number of carbonyl (C=O) groups excluding carboxylic acids is 1. The van der Waals surface area contributed by atoms with Gasteiger partial charge in [-0.2, -0.15) is 13.2 Å². The molecule has 0 aliphatic rings. The molecule has 2 amide bonds. The van der Waals surface area contributed by atoms with Crippen molar-refractivity contribution in [2.24, 2.45) is 0 Å². The van der Waals surface area contributed by atoms with Gasteiger partial charge in [0.1, 0.15) is 5.15 Å². The lowest BCUT2D eigenvalue weighted by Crippen LogP contribution is -2.21. The van der Waals surface area contributed by atoms with Gasteiger partial charge in [0.25, 0.3) is 0 Å². The standard InChI is InChI=1S/C13H7BrClF4N3O/c14-9-7(4-5-20-11(9)15)21-12(23)22-8-3-1-2-6(10(8)16)13(17,18)19/h1-5H,(H2,20,21,22,23). The summed E-state index contributed by atoms with van der Waals surface area (Å²) in [6.07, 6.45) is -3.55. The van der Waals surface area contributed by atoms with E-state index in [1.54, 1.807) is 0 Å². The number of carbonyl (C=O) groups is 1. The van der Waals surface area contributed by atoms with E-state index >= 15 is 0 Å². The Bertz CT molecular complexity index is 754. The number of amides is 2. The third kappa shape index (κ3) is 4.11. The fraction of sp³-hybridized carbons (Fsp3) is 0.0769. The first-order valence-corrected chi connectivity index (χ1v) is 7.11. The average molecular weight is 413 g/mol. The monoisotopic (exact) mass is 411 g/mol. The summed E-state index contributed by atoms with van der Waals surface area (Å²) in [6, 6.07) is 3.04. The van der Waals surface area contributed by atoms with Crippen molar-refractivity contribution in [1.29, 1.82) is 0 Å². The fourth-order valence-electron chi connectivity index (χ4n) is 1.64. The van der Waals surface area contributed by atoms with E-state index in [9.17, 15) is 22.4 Å². The lowest BCUT2D eigenvalue weighted by Gasteiger charge is -2.13. The lowest BCUT2D eigenvalue weighted by atomic mass is 10.2. The second-order valence-corrected chi connectivity index (χ2v) is 5.36. The molecule has 122 valence electrons. The highest BCUT2D eigenvalue weighted by molar-refractivity contribution is 9.10. The summed E-state index contributed by atoms with van der Waals surface area (Å²) in [6.45, 7) is 0. The Morgan fingerprint density at radius 3 is 2.48 bits per heavy atom. The molecule has 0 atom stereocenters. The molecule has 2 aromatic rings. The number of urea groups is 1. The largest absolute Gasteiger partial charge is 0.419 e. The molecule has 0 aliphatic heterocycles. The van der Waals surface area contributed by atoms with E-state index in [0.717, 1.165) is 12.1 Å². The maximum absolute atomic E-state index is 13.8. The van der Waals surface area contributed by atoms with E-state index in [2.05, 4.69) is 26.2 Å². The number of aromatic nitrogens is 1. The third-order valence-electron chi connectivity index (χ3n) is 2.65. The molecule has 1 aromatic carbocycles. The number of halogens is 6. The van der Waals surface area contributed by atoms with Crippen LogP contribution in [0.1, 0.15) is 5.56 Å². The van der Waals surface area contributed by atoms with Gasteiger partial charge in [0.15, 0.2) is 5.82 Å². The zero-order chi connectivity index (χ0) is 17.2. The van der Waals surface area contributed by atoms with E-state index in [0.29, 0.717) is 6.07 Å². The number of alkyl halides is 3. The minimum absolute atomic E-state index is 0.0769. The van der Waals surface area contributed by atoms with Crippen LogP contribution in [-0.4, -0.2) is 11.0 Å². The number of hydrogen-bond donors (Lipinski definition) is 2. The summed E-state index contributed by atoms with van der Waals surface area (Å²) >= 11 is 8.83. The van der Waals surface area contributed by atoms with Crippen LogP contribution < -0.4 is 10.6 Å². The Morgan fingerprint density at radius 1 is 1.17 bits per heavy atom. The number of nitrogens with zero attached hydrogens (tertiary/aromatic N) is 1. The summed E-state index contributed by atoms with van der Waals surface area (Å²) in [5, 5.41) is 4.40. The van der Waals surface area contributed by atoms with Gasteiger partial charge in [0.2, 0.25) is 0 Å². The smallest absolute Gasteiger partial charge is 0.306 e. The van der Waals surface area contributed by atoms with E-state index in [4.69, 9.17) is 11.6 Å². The summed E-state index contributed by atoms with van der Waals surface area (Å²) in [4.78, 5) is 15.5. The molecular formula is C13H7BrClF4N3O. The molecule has 2 N–H and O–H groups in total. The highest BCUT2D eigenvalue weighted by atomic mass is 79.9. The number of nitrogens with one attached hydrogen (secondary N) is 2. The van der Waals surface area contributed by atoms with Crippen molar-refractivity contribution in [2.75, 3.05) is 10.6 Å². The van der Waals surface area contributed by atoms with Crippen LogP contribution >= 0.6 is 27.5 Å². The maximum Gasteiger partial charge on any atom is 0.419 e. The van der Waals surface area contributed by atoms with Crippen molar-refractivity contribution >= 4 is 44.9 Å². The van der Waals surface area contributed by atoms with Crippen molar-refractivity contribution in [3.05, 3.63) is 51.5 Å². The second kappa shape index (κ2) is 6.71. The molecule has 1 aromatic heterocycles. The van der Waals surface area contributed by atoms with Crippen LogP contribution in [0.2, 0.25) is 5.15 Å². The quantitative estimate of drug-likeness (QED) is 0.519. The molecule has 0 aliphatic carbocycles. The predicted octanol–water partition coefficient (Wildman–Crippen LogP) is 5.30. The first kappa shape index (κ1) is 17.5. The molecular weight excluding hydrogens is 406 g/mol. The van der Waals surface area contributed by atoms with Crippen LogP contribution in [0.3, 0.4) is 0 Å². The van der Waals surface area contributed by atoms with Gasteiger partial charge in [-0.3, -0.25) is 0 Å². The van der Waals surface area contributed by atoms with Gasteiger partial charge < -0.3 is 10.6 Å². The molecule has 4 nitrogen and oxygen atoms in total. The van der Waals surface area contributed by atoms with Crippen LogP contribution in [0.25, 0.3) is 0 Å². The van der Waals surface area contributed by atoms with Gasteiger partial charge in [0.05, 0.1) is 21.4 Å². The Balaban J connectivity index is 2.20. The highest BCUT2D eigenvalue weighted by Gasteiger charge is 2.35. The van der Waals surface area contributed by atoms with Gasteiger partial charge in [-0.1, -0.05) is 17.7 Å². The molecule has 0 fully saturated rings. The van der Waals surface area contributed by atoms with Crippen LogP contribution in [0, 0.1) is 5.82 Å². The van der Waals surface area contributed by atoms with E-state index in [1.165, 1.54) is 12.3 Å². The first-order valence-electron chi connectivity index (χ1n) is 5.94. The zero-order valence-electron chi connectivity index (χ0n) is 11.0. The minimum atomic E-state index is -4.86. The van der Waals surface area contributed by atoms with Crippen molar-refractivity contribution in [3.63, 3.8) is 0 Å². The first-order chi connectivity index (χ1) is 10.7. The fourth-order valence-corrected chi connectivity index (χ4v) is 2.13. The predicted molar refractivity (Wildman–Crippen MR) is 81.0 cm³/mol. The topological polar surface area (TPSA) is 54.0 Å². The molecule has 0 saturated heterocycles. The van der Waals surface area contributed by atoms with Gasteiger partial charge in [-0.15, -0.1) is 0 Å². The van der Waals surface area contributed by atoms with Crippen LogP contribution in [0.15, 0.2) is 34.9 Å². The molecule has 0 spiro atoms. The molecule has 0 unspecified atom stereocenters. The van der Waals surface area contributed by atoms with Crippen molar-refractivity contribution in [2.45, 2.75) is 6.18 Å². The summed E-state index contributed by atoms with van der Waals surface area (Å²) in [5.41, 5.74) is -1.85. The Kier molecular flexibility index (Phi) is 5.10. The number of hydrogen-bond acceptors (Lipinski definition) is 2. The van der Waals surface area contributed by atoms with Crippen molar-refractivity contribution in [1.82, 2.24) is 4.98 Å². The molecule has 23 heavy (non-hydrogen) atoms. The van der Waals surface area contributed by atoms with Crippen LogP contribution in [-0.2, 0) is 6.18 Å². The van der Waals surface area contributed by atoms with Gasteiger partial charge in [-0.25, -0.2) is 14.2 Å². The Labute approximate surface area is 141 Å². The normalized spacial score (nSPS) is 11.2. The zero-order valence-corrected chi connectivity index (χ0v) is 13.4. The van der Waals surface area contributed by atoms with Gasteiger partial charge >= 0.3 is 12.2 Å². The molecule has 0 bridgehead atoms. The SMILES string of the molecule is O=C(Nc1cccc(C(F)(F)F)c1F)Nc1ccnc(Cl)c1Br. The highest BCUT2D eigenvalue weighted by Crippen LogP contribution is 2.34. The van der Waals surface area contributed by atoms with E-state index < -0.39 is 29.3 Å². The van der Waals surface area contributed by atoms with Gasteiger partial charge in [0, 0.05) is 6.20 Å². The lowest BCUT2D eigenvalue weighted by molar-refractivity contribution is -0.139.